The van der Waals surface area contributed by atoms with E-state index in [1.165, 1.54) is 0 Å². The van der Waals surface area contributed by atoms with E-state index in [0.29, 0.717) is 11.4 Å². The van der Waals surface area contributed by atoms with Crippen molar-refractivity contribution >= 4 is 17.1 Å². The summed E-state index contributed by atoms with van der Waals surface area (Å²) in [5, 5.41) is 0. The Balaban J connectivity index is 2.97. The van der Waals surface area contributed by atoms with Gasteiger partial charge < -0.3 is 16.4 Å². The lowest BCUT2D eigenvalue weighted by Crippen LogP contribution is -2.23. The zero-order chi connectivity index (χ0) is 10.6. The number of likely N-dealkylation sites (N-methyl/N-ethyl adjacent to an activating group) is 1. The SMILES string of the molecule is C=CCN(CC)c1ccc(N)cc1N. The number of hydrogen-bond acceptors (Lipinski definition) is 3. The maximum Gasteiger partial charge on any atom is 0.0604 e. The molecule has 0 atom stereocenters. The lowest BCUT2D eigenvalue weighted by Gasteiger charge is -2.23. The number of nitrogens with two attached hydrogens (primary N) is 2. The molecule has 0 saturated carbocycles. The first-order chi connectivity index (χ1) is 6.69. The maximum atomic E-state index is 5.87. The molecule has 0 aliphatic heterocycles. The van der Waals surface area contributed by atoms with E-state index < -0.39 is 0 Å². The largest absolute Gasteiger partial charge is 0.399 e. The van der Waals surface area contributed by atoms with Crippen LogP contribution in [0, 0.1) is 0 Å². The highest BCUT2D eigenvalue weighted by Crippen LogP contribution is 2.24. The Bertz CT molecular complexity index is 320. The molecule has 1 aromatic rings. The molecule has 76 valence electrons. The van der Waals surface area contributed by atoms with Crippen molar-refractivity contribution in [2.45, 2.75) is 6.92 Å². The standard InChI is InChI=1S/C11H17N3/c1-3-7-14(4-2)11-6-5-9(12)8-10(11)13/h3,5-6,8H,1,4,7,12-13H2,2H3. The lowest BCUT2D eigenvalue weighted by molar-refractivity contribution is 0.909. The van der Waals surface area contributed by atoms with E-state index in [9.17, 15) is 0 Å². The van der Waals surface area contributed by atoms with E-state index >= 15 is 0 Å². The van der Waals surface area contributed by atoms with Gasteiger partial charge in [-0.2, -0.15) is 0 Å². The fraction of sp³-hybridized carbons (Fsp3) is 0.273. The number of benzene rings is 1. The van der Waals surface area contributed by atoms with Gasteiger partial charge in [-0.15, -0.1) is 6.58 Å². The van der Waals surface area contributed by atoms with Gasteiger partial charge in [-0.3, -0.25) is 0 Å². The third kappa shape index (κ3) is 2.19. The third-order valence-corrected chi connectivity index (χ3v) is 2.12. The number of nitrogens with zero attached hydrogens (tertiary/aromatic N) is 1. The summed E-state index contributed by atoms with van der Waals surface area (Å²) in [5.74, 6) is 0. The van der Waals surface area contributed by atoms with Gasteiger partial charge in [0.05, 0.1) is 11.4 Å². The molecule has 4 N–H and O–H groups in total. The molecule has 0 radical (unpaired) electrons. The fourth-order valence-corrected chi connectivity index (χ4v) is 1.41. The van der Waals surface area contributed by atoms with E-state index in [4.69, 9.17) is 11.5 Å². The van der Waals surface area contributed by atoms with E-state index in [2.05, 4.69) is 18.4 Å². The number of hydrogen-bond donors (Lipinski definition) is 2. The number of anilines is 3. The summed E-state index contributed by atoms with van der Waals surface area (Å²) in [4.78, 5) is 2.14. The van der Waals surface area contributed by atoms with Crippen LogP contribution in [0.5, 0.6) is 0 Å². The van der Waals surface area contributed by atoms with Crippen LogP contribution in [0.3, 0.4) is 0 Å². The van der Waals surface area contributed by atoms with E-state index in [1.807, 2.05) is 18.2 Å². The molecular weight excluding hydrogens is 174 g/mol. The molecule has 3 heteroatoms. The van der Waals surface area contributed by atoms with Crippen LogP contribution in [-0.2, 0) is 0 Å². The molecule has 0 saturated heterocycles. The Kier molecular flexibility index (Phi) is 3.40. The highest BCUT2D eigenvalue weighted by molar-refractivity contribution is 5.71. The van der Waals surface area contributed by atoms with E-state index in [-0.39, 0.29) is 0 Å². The summed E-state index contributed by atoms with van der Waals surface area (Å²) in [6.07, 6.45) is 1.86. The molecule has 0 fully saturated rings. The minimum atomic E-state index is 0.695. The second-order valence-corrected chi connectivity index (χ2v) is 3.15. The average Bonchev–Trinajstić information content (AvgIpc) is 2.15. The fourth-order valence-electron chi connectivity index (χ4n) is 1.41. The Hall–Kier alpha value is -1.64. The van der Waals surface area contributed by atoms with Crippen molar-refractivity contribution in [3.05, 3.63) is 30.9 Å². The smallest absolute Gasteiger partial charge is 0.0604 e. The van der Waals surface area contributed by atoms with Crippen LogP contribution in [0.2, 0.25) is 0 Å². The zero-order valence-electron chi connectivity index (χ0n) is 8.53. The van der Waals surface area contributed by atoms with Crippen LogP contribution in [-0.4, -0.2) is 13.1 Å². The molecule has 14 heavy (non-hydrogen) atoms. The Morgan fingerprint density at radius 3 is 2.64 bits per heavy atom. The monoisotopic (exact) mass is 191 g/mol. The van der Waals surface area contributed by atoms with Gasteiger partial charge in [0.2, 0.25) is 0 Å². The highest BCUT2D eigenvalue weighted by Gasteiger charge is 2.05. The van der Waals surface area contributed by atoms with Gasteiger partial charge in [0, 0.05) is 18.8 Å². The van der Waals surface area contributed by atoms with Crippen molar-refractivity contribution in [3.63, 3.8) is 0 Å². The van der Waals surface area contributed by atoms with Gasteiger partial charge in [0.1, 0.15) is 0 Å². The van der Waals surface area contributed by atoms with Gasteiger partial charge in [-0.05, 0) is 25.1 Å². The van der Waals surface area contributed by atoms with Crippen molar-refractivity contribution < 1.29 is 0 Å². The molecule has 0 bridgehead atoms. The highest BCUT2D eigenvalue weighted by atomic mass is 15.1. The molecule has 0 heterocycles. The molecule has 0 spiro atoms. The summed E-state index contributed by atoms with van der Waals surface area (Å²) in [5.41, 5.74) is 13.9. The van der Waals surface area contributed by atoms with Crippen molar-refractivity contribution in [2.24, 2.45) is 0 Å². The van der Waals surface area contributed by atoms with Crippen molar-refractivity contribution in [3.8, 4) is 0 Å². The quantitative estimate of drug-likeness (QED) is 0.564. The molecule has 0 amide bonds. The van der Waals surface area contributed by atoms with E-state index in [0.717, 1.165) is 18.8 Å². The summed E-state index contributed by atoms with van der Waals surface area (Å²) >= 11 is 0. The van der Waals surface area contributed by atoms with Gasteiger partial charge in [-0.1, -0.05) is 6.08 Å². The Morgan fingerprint density at radius 1 is 1.43 bits per heavy atom. The average molecular weight is 191 g/mol. The topological polar surface area (TPSA) is 55.3 Å². The van der Waals surface area contributed by atoms with Crippen molar-refractivity contribution in [1.29, 1.82) is 0 Å². The molecule has 1 rings (SSSR count). The number of nitrogen functional groups attached to an aromatic ring is 2. The van der Waals surface area contributed by atoms with Crippen LogP contribution in [0.25, 0.3) is 0 Å². The zero-order valence-corrected chi connectivity index (χ0v) is 8.53. The minimum absolute atomic E-state index is 0.695. The minimum Gasteiger partial charge on any atom is -0.399 e. The first-order valence-corrected chi connectivity index (χ1v) is 4.70. The Morgan fingerprint density at radius 2 is 2.14 bits per heavy atom. The second-order valence-electron chi connectivity index (χ2n) is 3.15. The maximum absolute atomic E-state index is 5.87. The second kappa shape index (κ2) is 4.56. The summed E-state index contributed by atoms with van der Waals surface area (Å²) in [6.45, 7) is 7.50. The molecule has 0 aliphatic rings. The number of rotatable bonds is 4. The lowest BCUT2D eigenvalue weighted by atomic mass is 10.2. The molecule has 3 nitrogen and oxygen atoms in total. The molecular formula is C11H17N3. The van der Waals surface area contributed by atoms with Crippen LogP contribution in [0.15, 0.2) is 30.9 Å². The van der Waals surface area contributed by atoms with E-state index in [1.54, 1.807) is 6.07 Å². The first-order valence-electron chi connectivity index (χ1n) is 4.70. The third-order valence-electron chi connectivity index (χ3n) is 2.12. The normalized spacial score (nSPS) is 9.79. The van der Waals surface area contributed by atoms with Gasteiger partial charge >= 0.3 is 0 Å². The predicted octanol–water partition coefficient (Wildman–Crippen LogP) is 1.86. The van der Waals surface area contributed by atoms with Crippen LogP contribution in [0.4, 0.5) is 17.1 Å². The first kappa shape index (κ1) is 10.4. The molecule has 0 aliphatic carbocycles. The van der Waals surface area contributed by atoms with Crippen LogP contribution < -0.4 is 16.4 Å². The van der Waals surface area contributed by atoms with Gasteiger partial charge in [-0.25, -0.2) is 0 Å². The van der Waals surface area contributed by atoms with Gasteiger partial charge in [0.25, 0.3) is 0 Å². The van der Waals surface area contributed by atoms with Crippen LogP contribution in [0.1, 0.15) is 6.92 Å². The Labute approximate surface area is 85.0 Å². The molecule has 0 aromatic heterocycles. The molecule has 1 aromatic carbocycles. The summed E-state index contributed by atoms with van der Waals surface area (Å²) < 4.78 is 0. The summed E-state index contributed by atoms with van der Waals surface area (Å²) in [7, 11) is 0. The molecule has 0 unspecified atom stereocenters. The summed E-state index contributed by atoms with van der Waals surface area (Å²) in [6, 6.07) is 5.58. The van der Waals surface area contributed by atoms with Crippen molar-refractivity contribution in [1.82, 2.24) is 0 Å². The van der Waals surface area contributed by atoms with Gasteiger partial charge in [0.15, 0.2) is 0 Å². The van der Waals surface area contributed by atoms with Crippen LogP contribution >= 0.6 is 0 Å². The predicted molar refractivity (Wildman–Crippen MR) is 63.4 cm³/mol. The van der Waals surface area contributed by atoms with Crippen molar-refractivity contribution in [2.75, 3.05) is 29.5 Å².